The van der Waals surface area contributed by atoms with Crippen molar-refractivity contribution in [2.75, 3.05) is 11.9 Å². The summed E-state index contributed by atoms with van der Waals surface area (Å²) < 4.78 is 28.4. The largest absolute Gasteiger partial charge is 0.391 e. The van der Waals surface area contributed by atoms with Crippen LogP contribution in [0.25, 0.3) is 0 Å². The van der Waals surface area contributed by atoms with Gasteiger partial charge in [-0.15, -0.1) is 0 Å². The highest BCUT2D eigenvalue weighted by Crippen LogP contribution is 2.27. The second-order valence-corrected chi connectivity index (χ2v) is 7.33. The van der Waals surface area contributed by atoms with Crippen LogP contribution in [0.3, 0.4) is 0 Å². The average molecular weight is 490 g/mol. The molecule has 0 fully saturated rings. The molecule has 0 aromatic heterocycles. The van der Waals surface area contributed by atoms with Crippen LogP contribution < -0.4 is 10.8 Å². The Morgan fingerprint density at radius 1 is 1.22 bits per heavy atom. The quantitative estimate of drug-likeness (QED) is 0.378. The molecule has 146 valence electrons. The SMILES string of the molecule is CCCC(O)CONC(=O)c1cc(F)c(F)cc1Nc1ccc(I)cc1C. The standard InChI is InChI=1S/C19H21F2IN2O3/c1-3-4-13(25)10-27-24-19(26)14-8-15(20)16(21)9-18(14)23-17-6-5-12(22)7-11(17)2/h5-9,13,23,25H,3-4,10H2,1-2H3,(H,24,26). The van der Waals surface area contributed by atoms with E-state index in [4.69, 9.17) is 4.84 Å². The predicted molar refractivity (Wildman–Crippen MR) is 108 cm³/mol. The Balaban J connectivity index is 2.19. The number of aryl methyl sites for hydroxylation is 1. The van der Waals surface area contributed by atoms with Crippen molar-refractivity contribution in [3.8, 4) is 0 Å². The van der Waals surface area contributed by atoms with Crippen molar-refractivity contribution in [2.24, 2.45) is 0 Å². The Hall–Kier alpha value is -1.78. The second-order valence-electron chi connectivity index (χ2n) is 6.08. The number of rotatable bonds is 8. The smallest absolute Gasteiger partial charge is 0.277 e. The number of aliphatic hydroxyl groups excluding tert-OH is 1. The van der Waals surface area contributed by atoms with E-state index in [-0.39, 0.29) is 17.9 Å². The van der Waals surface area contributed by atoms with E-state index in [1.54, 1.807) is 6.07 Å². The zero-order chi connectivity index (χ0) is 20.0. The molecule has 0 aliphatic heterocycles. The van der Waals surface area contributed by atoms with E-state index in [1.165, 1.54) is 0 Å². The molecule has 0 spiro atoms. The van der Waals surface area contributed by atoms with Crippen LogP contribution in [0, 0.1) is 22.1 Å². The lowest BCUT2D eigenvalue weighted by Gasteiger charge is -2.15. The van der Waals surface area contributed by atoms with Crippen molar-refractivity contribution in [1.29, 1.82) is 0 Å². The Labute approximate surface area is 170 Å². The van der Waals surface area contributed by atoms with Gasteiger partial charge in [-0.3, -0.25) is 9.63 Å². The molecule has 1 atom stereocenters. The predicted octanol–water partition coefficient (Wildman–Crippen LogP) is 4.44. The molecule has 0 bridgehead atoms. The van der Waals surface area contributed by atoms with Crippen LogP contribution in [0.15, 0.2) is 30.3 Å². The topological polar surface area (TPSA) is 70.6 Å². The van der Waals surface area contributed by atoms with Gasteiger partial charge < -0.3 is 10.4 Å². The van der Waals surface area contributed by atoms with Gasteiger partial charge in [0.2, 0.25) is 0 Å². The highest BCUT2D eigenvalue weighted by atomic mass is 127. The van der Waals surface area contributed by atoms with Crippen molar-refractivity contribution in [1.82, 2.24) is 5.48 Å². The van der Waals surface area contributed by atoms with Gasteiger partial charge in [0.05, 0.1) is 17.4 Å². The van der Waals surface area contributed by atoms with E-state index >= 15 is 0 Å². The fourth-order valence-corrected chi connectivity index (χ4v) is 3.07. The minimum Gasteiger partial charge on any atom is -0.391 e. The summed E-state index contributed by atoms with van der Waals surface area (Å²) in [6, 6.07) is 7.29. The van der Waals surface area contributed by atoms with Crippen LogP contribution in [0.5, 0.6) is 0 Å². The Morgan fingerprint density at radius 2 is 1.93 bits per heavy atom. The second kappa shape index (κ2) is 9.95. The Kier molecular flexibility index (Phi) is 7.93. The van der Waals surface area contributed by atoms with Gasteiger partial charge in [-0.1, -0.05) is 13.3 Å². The Morgan fingerprint density at radius 3 is 2.59 bits per heavy atom. The maximum absolute atomic E-state index is 13.7. The first-order valence-electron chi connectivity index (χ1n) is 8.44. The van der Waals surface area contributed by atoms with E-state index in [1.807, 2.05) is 26.0 Å². The van der Waals surface area contributed by atoms with Gasteiger partial charge >= 0.3 is 0 Å². The maximum Gasteiger partial charge on any atom is 0.277 e. The van der Waals surface area contributed by atoms with Crippen molar-refractivity contribution >= 4 is 39.9 Å². The molecule has 3 N–H and O–H groups in total. The Bertz CT molecular complexity index is 818. The first kappa shape index (κ1) is 21.5. The summed E-state index contributed by atoms with van der Waals surface area (Å²) in [6.07, 6.45) is 0.581. The first-order valence-corrected chi connectivity index (χ1v) is 9.52. The van der Waals surface area contributed by atoms with Crippen LogP contribution in [-0.4, -0.2) is 23.7 Å². The molecule has 2 aromatic carbocycles. The fourth-order valence-electron chi connectivity index (χ4n) is 2.43. The zero-order valence-electron chi connectivity index (χ0n) is 15.0. The highest BCUT2D eigenvalue weighted by Gasteiger charge is 2.17. The lowest BCUT2D eigenvalue weighted by Crippen LogP contribution is -2.29. The number of hydrogen-bond donors (Lipinski definition) is 3. The molecule has 2 rings (SSSR count). The minimum absolute atomic E-state index is 0.0950. The number of nitrogens with one attached hydrogen (secondary N) is 2. The number of carbonyl (C=O) groups excluding carboxylic acids is 1. The van der Waals surface area contributed by atoms with Crippen LogP contribution in [0.2, 0.25) is 0 Å². The summed E-state index contributed by atoms with van der Waals surface area (Å²) in [5, 5.41) is 12.6. The molecule has 0 saturated heterocycles. The van der Waals surface area contributed by atoms with Crippen molar-refractivity contribution in [2.45, 2.75) is 32.8 Å². The first-order chi connectivity index (χ1) is 12.8. The molecule has 0 heterocycles. The molecule has 5 nitrogen and oxygen atoms in total. The fraction of sp³-hybridized carbons (Fsp3) is 0.316. The van der Waals surface area contributed by atoms with Crippen molar-refractivity contribution < 1.29 is 23.5 Å². The minimum atomic E-state index is -1.14. The summed E-state index contributed by atoms with van der Waals surface area (Å²) in [7, 11) is 0. The van der Waals surface area contributed by atoms with Gasteiger partial charge in [0.25, 0.3) is 5.91 Å². The van der Waals surface area contributed by atoms with Gasteiger partial charge in [0.1, 0.15) is 6.61 Å². The van der Waals surface area contributed by atoms with E-state index in [0.717, 1.165) is 27.7 Å². The van der Waals surface area contributed by atoms with Gasteiger partial charge in [0.15, 0.2) is 11.6 Å². The number of carbonyl (C=O) groups is 1. The summed E-state index contributed by atoms with van der Waals surface area (Å²) in [5.41, 5.74) is 3.69. The van der Waals surface area contributed by atoms with E-state index in [0.29, 0.717) is 12.1 Å². The van der Waals surface area contributed by atoms with Gasteiger partial charge in [-0.05, 0) is 65.8 Å². The number of amides is 1. The number of anilines is 2. The molecule has 0 radical (unpaired) electrons. The molecule has 1 unspecified atom stereocenters. The number of hydrogen-bond acceptors (Lipinski definition) is 4. The molecule has 8 heteroatoms. The van der Waals surface area contributed by atoms with Crippen LogP contribution in [0.4, 0.5) is 20.2 Å². The molecular formula is C19H21F2IN2O3. The average Bonchev–Trinajstić information content (AvgIpc) is 2.60. The van der Waals surface area contributed by atoms with Crippen LogP contribution in [-0.2, 0) is 4.84 Å². The number of benzene rings is 2. The molecule has 0 saturated carbocycles. The highest BCUT2D eigenvalue weighted by molar-refractivity contribution is 14.1. The van der Waals surface area contributed by atoms with Gasteiger partial charge in [-0.2, -0.15) is 0 Å². The number of halogens is 3. The molecule has 1 amide bonds. The molecule has 0 aliphatic carbocycles. The van der Waals surface area contributed by atoms with Crippen molar-refractivity contribution in [3.05, 3.63) is 56.7 Å². The summed E-state index contributed by atoms with van der Waals surface area (Å²) >= 11 is 2.17. The lowest BCUT2D eigenvalue weighted by atomic mass is 10.1. The number of hydroxylamine groups is 1. The lowest BCUT2D eigenvalue weighted by molar-refractivity contribution is -0.0149. The third-order valence-corrected chi connectivity index (χ3v) is 4.50. The monoisotopic (exact) mass is 490 g/mol. The van der Waals surface area contributed by atoms with E-state index in [9.17, 15) is 18.7 Å². The maximum atomic E-state index is 13.7. The van der Waals surface area contributed by atoms with E-state index < -0.39 is 23.6 Å². The zero-order valence-corrected chi connectivity index (χ0v) is 17.1. The van der Waals surface area contributed by atoms with Crippen molar-refractivity contribution in [3.63, 3.8) is 0 Å². The van der Waals surface area contributed by atoms with Gasteiger partial charge in [-0.25, -0.2) is 14.3 Å². The summed E-state index contributed by atoms with van der Waals surface area (Å²) in [4.78, 5) is 17.3. The summed E-state index contributed by atoms with van der Waals surface area (Å²) in [5.74, 6) is -2.96. The normalized spacial score (nSPS) is 11.9. The third kappa shape index (κ3) is 6.12. The molecule has 27 heavy (non-hydrogen) atoms. The van der Waals surface area contributed by atoms with Gasteiger partial charge in [0, 0.05) is 15.3 Å². The third-order valence-electron chi connectivity index (χ3n) is 3.83. The molecule has 0 aliphatic rings. The van der Waals surface area contributed by atoms with Crippen LogP contribution >= 0.6 is 22.6 Å². The molecular weight excluding hydrogens is 469 g/mol. The summed E-state index contributed by atoms with van der Waals surface area (Å²) in [6.45, 7) is 3.68. The molecule has 2 aromatic rings. The van der Waals surface area contributed by atoms with Crippen LogP contribution in [0.1, 0.15) is 35.7 Å². The van der Waals surface area contributed by atoms with E-state index in [2.05, 4.69) is 33.4 Å². The number of aliphatic hydroxyl groups is 1.